The molecular weight excluding hydrogens is 968 g/mol. The van der Waals surface area contributed by atoms with Crippen LogP contribution in [0, 0.1) is 16.2 Å². The molecular formula is C57H79ClN12O5. The molecule has 3 aromatic carbocycles. The van der Waals surface area contributed by atoms with Crippen molar-refractivity contribution in [3.8, 4) is 0 Å². The number of methoxy groups -OCH3 is 1. The fourth-order valence-electron chi connectivity index (χ4n) is 7.82. The van der Waals surface area contributed by atoms with Crippen molar-refractivity contribution in [2.45, 2.75) is 80.3 Å². The van der Waals surface area contributed by atoms with Gasteiger partial charge in [-0.3, -0.25) is 16.2 Å². The fraction of sp³-hybridized carbons (Fsp3) is 0.368. The molecule has 0 fully saturated rings. The predicted molar refractivity (Wildman–Crippen MR) is 314 cm³/mol. The van der Waals surface area contributed by atoms with Gasteiger partial charge in [0.15, 0.2) is 0 Å². The molecule has 0 atom stereocenters. The molecule has 0 aromatic heterocycles. The molecule has 0 bridgehead atoms. The number of benzene rings is 3. The molecule has 3 aliphatic rings. The first-order valence-corrected chi connectivity index (χ1v) is 25.2. The van der Waals surface area contributed by atoms with Gasteiger partial charge in [-0.05, 0) is 146 Å². The summed E-state index contributed by atoms with van der Waals surface area (Å²) in [7, 11) is 1.55. The number of aliphatic imine (C=N–C) groups is 3. The highest BCUT2D eigenvalue weighted by Gasteiger charge is 2.19. The number of halogens is 1. The maximum Gasteiger partial charge on any atom is 0.144 e. The number of allylic oxidation sites excluding steroid dienone is 6. The van der Waals surface area contributed by atoms with E-state index in [9.17, 15) is 0 Å². The van der Waals surface area contributed by atoms with Gasteiger partial charge in [-0.1, -0.05) is 13.3 Å². The number of rotatable bonds is 21. The predicted octanol–water partition coefficient (Wildman–Crippen LogP) is 9.74. The normalized spacial score (nSPS) is 15.8. The highest BCUT2D eigenvalue weighted by Crippen LogP contribution is 2.26. The summed E-state index contributed by atoms with van der Waals surface area (Å²) in [4.78, 5) is 20.3. The van der Waals surface area contributed by atoms with Crippen LogP contribution in [0.15, 0.2) is 159 Å². The van der Waals surface area contributed by atoms with E-state index in [0.29, 0.717) is 76.7 Å². The molecule has 0 aliphatic heterocycles. The average Bonchev–Trinajstić information content (AvgIpc) is 3.37. The van der Waals surface area contributed by atoms with Gasteiger partial charge in [0.2, 0.25) is 0 Å². The number of ether oxygens (including phenoxy) is 3. The van der Waals surface area contributed by atoms with E-state index in [4.69, 9.17) is 57.9 Å². The van der Waals surface area contributed by atoms with Crippen LogP contribution in [0.5, 0.6) is 0 Å². The first-order valence-electron chi connectivity index (χ1n) is 25.2. The molecule has 6 rings (SSSR count). The number of anilines is 3. The Morgan fingerprint density at radius 3 is 1.19 bits per heavy atom. The number of aliphatic hydroxyl groups excluding tert-OH is 2. The molecule has 0 amide bonds. The van der Waals surface area contributed by atoms with Gasteiger partial charge in [-0.2, -0.15) is 0 Å². The van der Waals surface area contributed by atoms with Gasteiger partial charge in [0, 0.05) is 73.6 Å². The quantitative estimate of drug-likeness (QED) is 0.0368. The lowest BCUT2D eigenvalue weighted by Gasteiger charge is -2.27. The van der Waals surface area contributed by atoms with Crippen molar-refractivity contribution in [3.63, 3.8) is 0 Å². The summed E-state index contributed by atoms with van der Waals surface area (Å²) < 4.78 is 16.3. The van der Waals surface area contributed by atoms with E-state index in [2.05, 4.69) is 97.2 Å². The summed E-state index contributed by atoms with van der Waals surface area (Å²) in [6, 6.07) is 24.6. The number of nitrogens with one attached hydrogen (secondary N) is 3. The molecule has 75 heavy (non-hydrogen) atoms. The minimum absolute atomic E-state index is 0. The summed E-state index contributed by atoms with van der Waals surface area (Å²) >= 11 is 0. The second kappa shape index (κ2) is 31.3. The lowest BCUT2D eigenvalue weighted by Crippen LogP contribution is -2.30. The first kappa shape index (κ1) is 61.8. The molecule has 0 saturated heterocycles. The molecule has 18 heteroatoms. The van der Waals surface area contributed by atoms with Crippen molar-refractivity contribution in [1.82, 2.24) is 0 Å². The Kier molecular flexibility index (Phi) is 25.8. The number of hydrogen-bond acceptors (Lipinski definition) is 17. The van der Waals surface area contributed by atoms with Crippen LogP contribution in [-0.4, -0.2) is 116 Å². The monoisotopic (exact) mass is 1050 g/mol. The summed E-state index contributed by atoms with van der Waals surface area (Å²) in [6.45, 7) is 21.2. The molecule has 11 N–H and O–H groups in total. The van der Waals surface area contributed by atoms with Gasteiger partial charge >= 0.3 is 0 Å². The topological polar surface area (TPSA) is 265 Å². The van der Waals surface area contributed by atoms with Crippen molar-refractivity contribution >= 4 is 80.8 Å². The zero-order valence-electron chi connectivity index (χ0n) is 45.1. The Hall–Kier alpha value is -7.47. The minimum atomic E-state index is -0.0974. The summed E-state index contributed by atoms with van der Waals surface area (Å²) in [5.74, 6) is 1.54. The van der Waals surface area contributed by atoms with Gasteiger partial charge in [-0.15, -0.1) is 12.4 Å². The van der Waals surface area contributed by atoms with Crippen molar-refractivity contribution in [2.75, 3.05) is 74.4 Å². The highest BCUT2D eigenvalue weighted by molar-refractivity contribution is 6.51. The lowest BCUT2D eigenvalue weighted by molar-refractivity contribution is 0.149. The average molecular weight is 1050 g/mol. The largest absolute Gasteiger partial charge is 0.495 e. The van der Waals surface area contributed by atoms with E-state index >= 15 is 0 Å². The van der Waals surface area contributed by atoms with Crippen LogP contribution in [0.25, 0.3) is 0 Å². The number of likely N-dealkylation sites (N-methyl/N-ethyl adjacent to an activating group) is 1. The zero-order chi connectivity index (χ0) is 54.3. The standard InChI is InChI=1S/C20H28N4O2.C19H26N4O2.C18H24N4O.ClH/c1-3-5-12-26-20-14-19(17(21)13-18(20)22)23-15-6-8-16(9-7-15)24(4-2)10-11-25;1-4-23(13(2)3)15-7-5-14(6-8-15)22-18-12-19(25-10-9-24)17(21)11-16(18)20;1-5-22(12(2)3)14-8-6-13(7-9-14)21-17-11-18(23-4)16(20)10-15(17)19;/h6-9,13-14,21,25H,3-5,10-12,22H2,1-2H3;5-8,11-13,20,24H,4,9-10,21H2,1-3H3;6-12,19H,5,20H2,1-4H3;1H. The maximum atomic E-state index is 9.13. The third-order valence-corrected chi connectivity index (χ3v) is 11.7. The fourth-order valence-corrected chi connectivity index (χ4v) is 7.82. The van der Waals surface area contributed by atoms with Crippen LogP contribution in [0.3, 0.4) is 0 Å². The Balaban J connectivity index is 0.000000295. The second-order valence-corrected chi connectivity index (χ2v) is 17.6. The molecule has 0 radical (unpaired) electrons. The third kappa shape index (κ3) is 18.5. The maximum absolute atomic E-state index is 9.13. The minimum Gasteiger partial charge on any atom is -0.495 e. The van der Waals surface area contributed by atoms with Crippen LogP contribution >= 0.6 is 12.4 Å². The summed E-state index contributed by atoms with van der Waals surface area (Å²) in [5, 5.41) is 42.1. The summed E-state index contributed by atoms with van der Waals surface area (Å²) in [6.07, 6.45) is 11.7. The van der Waals surface area contributed by atoms with Gasteiger partial charge in [0.05, 0.1) is 95.4 Å². The number of nitrogens with two attached hydrogens (primary N) is 3. The number of hydrogen-bond donors (Lipinski definition) is 8. The molecule has 0 heterocycles. The van der Waals surface area contributed by atoms with E-state index in [-0.39, 0.29) is 49.4 Å². The van der Waals surface area contributed by atoms with E-state index < -0.39 is 0 Å². The van der Waals surface area contributed by atoms with Crippen molar-refractivity contribution in [3.05, 3.63) is 144 Å². The van der Waals surface area contributed by atoms with E-state index in [1.165, 1.54) is 11.8 Å². The lowest BCUT2D eigenvalue weighted by atomic mass is 10.1. The van der Waals surface area contributed by atoms with Gasteiger partial charge in [0.1, 0.15) is 23.9 Å². The number of nitrogens with zero attached hydrogens (tertiary/aromatic N) is 6. The van der Waals surface area contributed by atoms with Crippen LogP contribution in [-0.2, 0) is 14.2 Å². The van der Waals surface area contributed by atoms with Gasteiger partial charge < -0.3 is 56.3 Å². The Bertz CT molecular complexity index is 2670. The first-order chi connectivity index (χ1) is 35.5. The highest BCUT2D eigenvalue weighted by atomic mass is 35.5. The van der Waals surface area contributed by atoms with E-state index in [1.54, 1.807) is 37.5 Å². The molecule has 17 nitrogen and oxygen atoms in total. The van der Waals surface area contributed by atoms with Crippen molar-refractivity contribution < 1.29 is 24.4 Å². The second-order valence-electron chi connectivity index (χ2n) is 17.6. The summed E-state index contributed by atoms with van der Waals surface area (Å²) in [5.41, 5.74) is 26.9. The smallest absolute Gasteiger partial charge is 0.144 e. The van der Waals surface area contributed by atoms with Gasteiger partial charge in [0.25, 0.3) is 0 Å². The molecule has 0 spiro atoms. The zero-order valence-corrected chi connectivity index (χ0v) is 45.9. The van der Waals surface area contributed by atoms with Crippen LogP contribution in [0.2, 0.25) is 0 Å². The molecule has 3 aromatic rings. The van der Waals surface area contributed by atoms with Crippen LogP contribution in [0.1, 0.15) is 68.2 Å². The van der Waals surface area contributed by atoms with Gasteiger partial charge in [-0.25, -0.2) is 15.0 Å². The number of aliphatic hydroxyl groups is 2. The molecule has 3 aliphatic carbocycles. The Morgan fingerprint density at radius 1 is 0.507 bits per heavy atom. The van der Waals surface area contributed by atoms with Crippen molar-refractivity contribution in [1.29, 1.82) is 16.2 Å². The molecule has 0 unspecified atom stereocenters. The SMILES string of the molecule is CCCCOC1=CC(=Nc2ccc(N(CC)CCO)cc2)C(=N)C=C1N.CCN(c1ccc(N=C2C=C(OC)C(N)=CC2=N)cc1)C(C)C.CCN(c1ccc(N=C2C=C(OCCO)C(N)=CC2=N)cc1)C(C)C.Cl. The third-order valence-electron chi connectivity index (χ3n) is 11.7. The van der Waals surface area contributed by atoms with Crippen LogP contribution < -0.4 is 31.9 Å². The van der Waals surface area contributed by atoms with E-state index in [1.807, 2.05) is 60.7 Å². The molecule has 404 valence electrons. The number of unbranched alkanes of at least 4 members (excludes halogenated alkanes) is 1. The van der Waals surface area contributed by atoms with E-state index in [0.717, 1.165) is 60.9 Å². The Morgan fingerprint density at radius 2 is 0.867 bits per heavy atom. The van der Waals surface area contributed by atoms with Crippen molar-refractivity contribution in [2.24, 2.45) is 32.2 Å². The Labute approximate surface area is 450 Å². The van der Waals surface area contributed by atoms with Crippen LogP contribution in [0.4, 0.5) is 34.1 Å². The molecule has 0 saturated carbocycles.